The fourth-order valence-electron chi connectivity index (χ4n) is 0.657. The van der Waals surface area contributed by atoms with E-state index in [2.05, 4.69) is 4.74 Å². The maximum Gasteiger partial charge on any atom is 0.404 e. The predicted octanol–water partition coefficient (Wildman–Crippen LogP) is 1.22. The van der Waals surface area contributed by atoms with Crippen molar-refractivity contribution in [2.24, 2.45) is 5.73 Å². The van der Waals surface area contributed by atoms with Crippen LogP contribution < -0.4 is 5.73 Å². The number of amides is 1. The van der Waals surface area contributed by atoms with Gasteiger partial charge >= 0.3 is 6.09 Å². The summed E-state index contributed by atoms with van der Waals surface area (Å²) in [7, 11) is 0. The number of carbonyl (C=O) groups is 1. The molecule has 0 bridgehead atoms. The first-order valence-electron chi connectivity index (χ1n) is 3.12. The van der Waals surface area contributed by atoms with E-state index >= 15 is 0 Å². The summed E-state index contributed by atoms with van der Waals surface area (Å²) in [5, 5.41) is 10.1. The van der Waals surface area contributed by atoms with Gasteiger partial charge in [-0.3, -0.25) is 0 Å². The minimum absolute atomic E-state index is 0.141. The van der Waals surface area contributed by atoms with Crippen molar-refractivity contribution < 1.29 is 9.53 Å². The van der Waals surface area contributed by atoms with Gasteiger partial charge in [-0.05, 0) is 6.07 Å². The van der Waals surface area contributed by atoms with Crippen LogP contribution in [-0.4, -0.2) is 6.09 Å². The Balaban J connectivity index is 2.54. The number of nitrogens with two attached hydrogens (primary N) is 1. The van der Waals surface area contributed by atoms with Crippen molar-refractivity contribution in [2.75, 3.05) is 0 Å². The van der Waals surface area contributed by atoms with Crippen molar-refractivity contribution in [3.05, 3.63) is 21.9 Å². The second-order valence-electron chi connectivity index (χ2n) is 2.02. The number of rotatable bonds is 2. The first-order valence-corrected chi connectivity index (χ1v) is 4.00. The van der Waals surface area contributed by atoms with Crippen LogP contribution in [-0.2, 0) is 11.3 Å². The maximum absolute atomic E-state index is 10.2. The van der Waals surface area contributed by atoms with Crippen molar-refractivity contribution in [3.63, 3.8) is 0 Å². The molecule has 1 aromatic rings. The van der Waals surface area contributed by atoms with E-state index in [0.717, 1.165) is 4.88 Å². The average Bonchev–Trinajstić information content (AvgIpc) is 2.48. The monoisotopic (exact) mass is 182 g/mol. The SMILES string of the molecule is N#Cc1csc(COC(N)=O)c1. The van der Waals surface area contributed by atoms with E-state index in [9.17, 15) is 4.79 Å². The van der Waals surface area contributed by atoms with Crippen LogP contribution >= 0.6 is 11.3 Å². The molecule has 1 rings (SSSR count). The third-order valence-electron chi connectivity index (χ3n) is 1.14. The molecule has 2 N–H and O–H groups in total. The lowest BCUT2D eigenvalue weighted by Crippen LogP contribution is -2.12. The lowest BCUT2D eigenvalue weighted by molar-refractivity contribution is 0.151. The number of nitrogens with zero attached hydrogens (tertiary/aromatic N) is 1. The topological polar surface area (TPSA) is 76.1 Å². The van der Waals surface area contributed by atoms with Gasteiger partial charge in [0.1, 0.15) is 12.7 Å². The van der Waals surface area contributed by atoms with Crippen molar-refractivity contribution in [1.82, 2.24) is 0 Å². The van der Waals surface area contributed by atoms with Crippen LogP contribution in [0, 0.1) is 11.3 Å². The smallest absolute Gasteiger partial charge is 0.404 e. The fraction of sp³-hybridized carbons (Fsp3) is 0.143. The molecule has 0 atom stereocenters. The molecule has 0 radical (unpaired) electrons. The highest BCUT2D eigenvalue weighted by molar-refractivity contribution is 7.10. The molecule has 0 spiro atoms. The molecule has 5 heteroatoms. The normalized spacial score (nSPS) is 8.92. The van der Waals surface area contributed by atoms with E-state index in [-0.39, 0.29) is 6.61 Å². The maximum atomic E-state index is 10.2. The molecule has 12 heavy (non-hydrogen) atoms. The van der Waals surface area contributed by atoms with E-state index < -0.39 is 6.09 Å². The predicted molar refractivity (Wildman–Crippen MR) is 43.4 cm³/mol. The summed E-state index contributed by atoms with van der Waals surface area (Å²) in [6.45, 7) is 0.141. The number of carbonyl (C=O) groups excluding carboxylic acids is 1. The van der Waals surface area contributed by atoms with Crippen molar-refractivity contribution in [2.45, 2.75) is 6.61 Å². The Morgan fingerprint density at radius 1 is 1.83 bits per heavy atom. The van der Waals surface area contributed by atoms with E-state index in [1.165, 1.54) is 11.3 Å². The Morgan fingerprint density at radius 3 is 3.08 bits per heavy atom. The highest BCUT2D eigenvalue weighted by atomic mass is 32.1. The zero-order valence-corrected chi connectivity index (χ0v) is 6.93. The molecule has 0 aliphatic carbocycles. The van der Waals surface area contributed by atoms with Gasteiger partial charge in [-0.25, -0.2) is 4.79 Å². The highest BCUT2D eigenvalue weighted by Gasteiger charge is 2.00. The number of hydrogen-bond acceptors (Lipinski definition) is 4. The van der Waals surface area contributed by atoms with Gasteiger partial charge in [0.05, 0.1) is 5.56 Å². The molecule has 0 saturated heterocycles. The quantitative estimate of drug-likeness (QED) is 0.746. The molecule has 62 valence electrons. The largest absolute Gasteiger partial charge is 0.444 e. The van der Waals surface area contributed by atoms with E-state index in [1.807, 2.05) is 6.07 Å². The first kappa shape index (κ1) is 8.56. The van der Waals surface area contributed by atoms with E-state index in [0.29, 0.717) is 5.56 Å². The van der Waals surface area contributed by atoms with Gasteiger partial charge in [0.15, 0.2) is 0 Å². The minimum atomic E-state index is -0.804. The van der Waals surface area contributed by atoms with Crippen LogP contribution in [0.3, 0.4) is 0 Å². The molecule has 0 saturated carbocycles. The third-order valence-corrected chi connectivity index (χ3v) is 2.05. The van der Waals surface area contributed by atoms with Gasteiger partial charge < -0.3 is 10.5 Å². The number of nitriles is 1. The highest BCUT2D eigenvalue weighted by Crippen LogP contribution is 2.14. The summed E-state index contributed by atoms with van der Waals surface area (Å²) in [5.74, 6) is 0. The fourth-order valence-corrected chi connectivity index (χ4v) is 1.38. The second-order valence-corrected chi connectivity index (χ2v) is 3.02. The lowest BCUT2D eigenvalue weighted by atomic mass is 10.3. The zero-order chi connectivity index (χ0) is 8.97. The van der Waals surface area contributed by atoms with Gasteiger partial charge in [0.25, 0.3) is 0 Å². The van der Waals surface area contributed by atoms with E-state index in [4.69, 9.17) is 11.0 Å². The van der Waals surface area contributed by atoms with Crippen LogP contribution in [0.2, 0.25) is 0 Å². The van der Waals surface area contributed by atoms with Crippen LogP contribution in [0.4, 0.5) is 4.79 Å². The van der Waals surface area contributed by atoms with Gasteiger partial charge in [0.2, 0.25) is 0 Å². The van der Waals surface area contributed by atoms with Crippen LogP contribution in [0.15, 0.2) is 11.4 Å². The Bertz CT molecular complexity index is 326. The minimum Gasteiger partial charge on any atom is -0.444 e. The van der Waals surface area contributed by atoms with Crippen LogP contribution in [0.5, 0.6) is 0 Å². The molecule has 0 aromatic carbocycles. The van der Waals surface area contributed by atoms with Crippen molar-refractivity contribution in [1.29, 1.82) is 5.26 Å². The van der Waals surface area contributed by atoms with Gasteiger partial charge in [-0.15, -0.1) is 11.3 Å². The van der Waals surface area contributed by atoms with Gasteiger partial charge in [-0.2, -0.15) is 5.26 Å². The summed E-state index contributed by atoms with van der Waals surface area (Å²) in [5.41, 5.74) is 5.33. The summed E-state index contributed by atoms with van der Waals surface area (Å²) in [6, 6.07) is 3.63. The molecule has 1 heterocycles. The molecular weight excluding hydrogens is 176 g/mol. The summed E-state index contributed by atoms with van der Waals surface area (Å²) in [4.78, 5) is 11.0. The number of hydrogen-bond donors (Lipinski definition) is 1. The molecule has 0 aliphatic heterocycles. The summed E-state index contributed by atoms with van der Waals surface area (Å²) >= 11 is 1.36. The Hall–Kier alpha value is -1.54. The number of primary amides is 1. The Kier molecular flexibility index (Phi) is 2.66. The Morgan fingerprint density at radius 2 is 2.58 bits per heavy atom. The molecule has 1 amide bonds. The molecule has 0 fully saturated rings. The Labute approximate surface area is 73.2 Å². The zero-order valence-electron chi connectivity index (χ0n) is 6.11. The molecule has 4 nitrogen and oxygen atoms in total. The van der Waals surface area contributed by atoms with Crippen LogP contribution in [0.1, 0.15) is 10.4 Å². The van der Waals surface area contributed by atoms with Crippen LogP contribution in [0.25, 0.3) is 0 Å². The second kappa shape index (κ2) is 3.74. The molecule has 0 aliphatic rings. The van der Waals surface area contributed by atoms with E-state index in [1.54, 1.807) is 11.4 Å². The molecule has 0 unspecified atom stereocenters. The molecule has 1 aromatic heterocycles. The van der Waals surface area contributed by atoms with Crippen molar-refractivity contribution >= 4 is 17.4 Å². The summed E-state index contributed by atoms with van der Waals surface area (Å²) < 4.78 is 4.53. The third kappa shape index (κ3) is 2.25. The molecular formula is C7H6N2O2S. The number of thiophene rings is 1. The standard InChI is InChI=1S/C7H6N2O2S/c8-2-5-1-6(12-4-5)3-11-7(9)10/h1,4H,3H2,(H2,9,10). The van der Waals surface area contributed by atoms with Crippen molar-refractivity contribution in [3.8, 4) is 6.07 Å². The van der Waals surface area contributed by atoms with Gasteiger partial charge in [0, 0.05) is 10.3 Å². The lowest BCUT2D eigenvalue weighted by Gasteiger charge is -1.95. The summed E-state index contributed by atoms with van der Waals surface area (Å²) in [6.07, 6.45) is -0.804. The average molecular weight is 182 g/mol. The van der Waals surface area contributed by atoms with Gasteiger partial charge in [-0.1, -0.05) is 0 Å². The number of ether oxygens (including phenoxy) is 1. The first-order chi connectivity index (χ1) is 5.72.